The van der Waals surface area contributed by atoms with Crippen LogP contribution in [0.15, 0.2) is 36.5 Å². The third-order valence-electron chi connectivity index (χ3n) is 4.48. The molecular weight excluding hydrogens is 290 g/mol. The SMILES string of the molecule is Cc1nn(-c2ccccc2)cc1C(=O)N1CCCC1C(C)(C)O. The van der Waals surface area contributed by atoms with Crippen molar-refractivity contribution >= 4 is 5.91 Å². The van der Waals surface area contributed by atoms with Gasteiger partial charge in [0.15, 0.2) is 0 Å². The van der Waals surface area contributed by atoms with Crippen molar-refractivity contribution in [1.29, 1.82) is 0 Å². The maximum absolute atomic E-state index is 12.9. The maximum atomic E-state index is 12.9. The molecule has 0 radical (unpaired) electrons. The molecule has 1 saturated heterocycles. The van der Waals surface area contributed by atoms with Gasteiger partial charge in [-0.1, -0.05) is 18.2 Å². The Hall–Kier alpha value is -2.14. The first-order chi connectivity index (χ1) is 10.9. The molecule has 2 aromatic rings. The van der Waals surface area contributed by atoms with Crippen LogP contribution in [0.25, 0.3) is 5.69 Å². The monoisotopic (exact) mass is 313 g/mol. The lowest BCUT2D eigenvalue weighted by molar-refractivity contribution is 0.000302. The Morgan fingerprint density at radius 3 is 2.65 bits per heavy atom. The number of benzene rings is 1. The number of amides is 1. The van der Waals surface area contributed by atoms with Gasteiger partial charge in [-0.2, -0.15) is 5.10 Å². The smallest absolute Gasteiger partial charge is 0.257 e. The Labute approximate surface area is 136 Å². The Bertz CT molecular complexity index is 701. The van der Waals surface area contributed by atoms with Crippen LogP contribution in [0.5, 0.6) is 0 Å². The molecule has 3 rings (SSSR count). The number of hydrogen-bond donors (Lipinski definition) is 1. The van der Waals surface area contributed by atoms with Crippen molar-refractivity contribution in [2.45, 2.75) is 45.3 Å². The zero-order chi connectivity index (χ0) is 16.6. The predicted octanol–water partition coefficient (Wildman–Crippen LogP) is 2.56. The first-order valence-corrected chi connectivity index (χ1v) is 8.03. The predicted molar refractivity (Wildman–Crippen MR) is 88.7 cm³/mol. The van der Waals surface area contributed by atoms with Crippen molar-refractivity contribution < 1.29 is 9.90 Å². The summed E-state index contributed by atoms with van der Waals surface area (Å²) in [6, 6.07) is 9.60. The molecule has 1 N–H and O–H groups in total. The van der Waals surface area contributed by atoms with Crippen LogP contribution in [-0.2, 0) is 0 Å². The summed E-state index contributed by atoms with van der Waals surface area (Å²) >= 11 is 0. The molecule has 23 heavy (non-hydrogen) atoms. The van der Waals surface area contributed by atoms with E-state index in [1.54, 1.807) is 29.6 Å². The first kappa shape index (κ1) is 15.7. The third kappa shape index (κ3) is 3.01. The number of likely N-dealkylation sites (tertiary alicyclic amines) is 1. The molecule has 5 heteroatoms. The second kappa shape index (κ2) is 5.81. The van der Waals surface area contributed by atoms with Crippen molar-refractivity contribution in [1.82, 2.24) is 14.7 Å². The summed E-state index contributed by atoms with van der Waals surface area (Å²) in [4.78, 5) is 14.7. The van der Waals surface area contributed by atoms with Gasteiger partial charge in [0.05, 0.1) is 28.6 Å². The van der Waals surface area contributed by atoms with Crippen LogP contribution >= 0.6 is 0 Å². The molecule has 0 aliphatic carbocycles. The van der Waals surface area contributed by atoms with Gasteiger partial charge in [0.25, 0.3) is 5.91 Å². The van der Waals surface area contributed by atoms with Crippen LogP contribution in [0.4, 0.5) is 0 Å². The van der Waals surface area contributed by atoms with Crippen LogP contribution in [0.1, 0.15) is 42.7 Å². The fourth-order valence-electron chi connectivity index (χ4n) is 3.28. The number of aromatic nitrogens is 2. The van der Waals surface area contributed by atoms with Gasteiger partial charge in [0, 0.05) is 12.7 Å². The molecule has 5 nitrogen and oxygen atoms in total. The highest BCUT2D eigenvalue weighted by atomic mass is 16.3. The first-order valence-electron chi connectivity index (χ1n) is 8.03. The minimum absolute atomic E-state index is 0.0469. The lowest BCUT2D eigenvalue weighted by Gasteiger charge is -2.33. The fourth-order valence-corrected chi connectivity index (χ4v) is 3.28. The van der Waals surface area contributed by atoms with Crippen LogP contribution < -0.4 is 0 Å². The largest absolute Gasteiger partial charge is 0.388 e. The van der Waals surface area contributed by atoms with Gasteiger partial charge in [-0.3, -0.25) is 4.79 Å². The van der Waals surface area contributed by atoms with Crippen molar-refractivity contribution in [3.05, 3.63) is 47.8 Å². The topological polar surface area (TPSA) is 58.4 Å². The van der Waals surface area contributed by atoms with Crippen LogP contribution in [0, 0.1) is 6.92 Å². The van der Waals surface area contributed by atoms with Crippen LogP contribution in [0.2, 0.25) is 0 Å². The van der Waals surface area contributed by atoms with Crippen molar-refractivity contribution in [2.24, 2.45) is 0 Å². The lowest BCUT2D eigenvalue weighted by atomic mass is 9.96. The molecule has 1 aromatic heterocycles. The quantitative estimate of drug-likeness (QED) is 0.947. The number of aryl methyl sites for hydroxylation is 1. The molecular formula is C18H23N3O2. The summed E-state index contributed by atoms with van der Waals surface area (Å²) in [5, 5.41) is 14.8. The molecule has 1 amide bonds. The number of nitrogens with zero attached hydrogens (tertiary/aromatic N) is 3. The van der Waals surface area contributed by atoms with Gasteiger partial charge in [-0.05, 0) is 45.7 Å². The van der Waals surface area contributed by atoms with E-state index in [0.29, 0.717) is 17.8 Å². The zero-order valence-corrected chi connectivity index (χ0v) is 13.9. The Morgan fingerprint density at radius 2 is 2.00 bits per heavy atom. The highest BCUT2D eigenvalue weighted by molar-refractivity contribution is 5.95. The highest BCUT2D eigenvalue weighted by Gasteiger charge is 2.39. The summed E-state index contributed by atoms with van der Waals surface area (Å²) in [5.41, 5.74) is 1.34. The molecule has 1 aliphatic rings. The number of carbonyl (C=O) groups excluding carboxylic acids is 1. The molecule has 1 aromatic carbocycles. The maximum Gasteiger partial charge on any atom is 0.257 e. The average Bonchev–Trinajstić information content (AvgIpc) is 3.13. The van der Waals surface area contributed by atoms with Gasteiger partial charge in [0.1, 0.15) is 0 Å². The molecule has 0 spiro atoms. The third-order valence-corrected chi connectivity index (χ3v) is 4.48. The van der Waals surface area contributed by atoms with Crippen molar-refractivity contribution in [3.63, 3.8) is 0 Å². The fraction of sp³-hybridized carbons (Fsp3) is 0.444. The number of para-hydroxylation sites is 1. The van der Waals surface area contributed by atoms with E-state index < -0.39 is 5.60 Å². The second-order valence-electron chi connectivity index (χ2n) is 6.72. The van der Waals surface area contributed by atoms with E-state index in [2.05, 4.69) is 5.10 Å². The van der Waals surface area contributed by atoms with E-state index in [9.17, 15) is 9.90 Å². The van der Waals surface area contributed by atoms with Crippen molar-refractivity contribution in [3.8, 4) is 5.69 Å². The highest BCUT2D eigenvalue weighted by Crippen LogP contribution is 2.28. The number of rotatable bonds is 3. The number of carbonyl (C=O) groups is 1. The van der Waals surface area contributed by atoms with E-state index in [-0.39, 0.29) is 11.9 Å². The molecule has 2 heterocycles. The minimum Gasteiger partial charge on any atom is -0.388 e. The summed E-state index contributed by atoms with van der Waals surface area (Å²) in [6.45, 7) is 6.07. The molecule has 1 unspecified atom stereocenters. The Kier molecular flexibility index (Phi) is 3.98. The standard InChI is InChI=1S/C18H23N3O2/c1-13-15(12-21(19-13)14-8-5-4-6-9-14)17(22)20-11-7-10-16(20)18(2,3)23/h4-6,8-9,12,16,23H,7,10-11H2,1-3H3. The molecule has 0 saturated carbocycles. The van der Waals surface area contributed by atoms with Gasteiger partial charge < -0.3 is 10.0 Å². The summed E-state index contributed by atoms with van der Waals surface area (Å²) in [6.07, 6.45) is 3.54. The molecule has 1 atom stereocenters. The van der Waals surface area contributed by atoms with Gasteiger partial charge >= 0.3 is 0 Å². The van der Waals surface area contributed by atoms with Crippen molar-refractivity contribution in [2.75, 3.05) is 6.54 Å². The average molecular weight is 313 g/mol. The molecule has 122 valence electrons. The molecule has 1 aliphatic heterocycles. The van der Waals surface area contributed by atoms with Gasteiger partial charge in [-0.25, -0.2) is 4.68 Å². The van der Waals surface area contributed by atoms with Crippen LogP contribution in [0.3, 0.4) is 0 Å². The second-order valence-corrected chi connectivity index (χ2v) is 6.72. The number of aliphatic hydroxyl groups is 1. The van der Waals surface area contributed by atoms with Gasteiger partial charge in [0.2, 0.25) is 0 Å². The lowest BCUT2D eigenvalue weighted by Crippen LogP contribution is -2.48. The van der Waals surface area contributed by atoms with E-state index in [1.165, 1.54) is 0 Å². The molecule has 0 bridgehead atoms. The van der Waals surface area contributed by atoms with E-state index in [1.807, 2.05) is 37.3 Å². The summed E-state index contributed by atoms with van der Waals surface area (Å²) in [5.74, 6) is -0.0469. The Balaban J connectivity index is 1.90. The minimum atomic E-state index is -0.893. The zero-order valence-electron chi connectivity index (χ0n) is 13.9. The number of hydrogen-bond acceptors (Lipinski definition) is 3. The normalized spacial score (nSPS) is 18.4. The van der Waals surface area contributed by atoms with Gasteiger partial charge in [-0.15, -0.1) is 0 Å². The molecule has 1 fully saturated rings. The van der Waals surface area contributed by atoms with E-state index in [4.69, 9.17) is 0 Å². The Morgan fingerprint density at radius 1 is 1.30 bits per heavy atom. The van der Waals surface area contributed by atoms with Crippen LogP contribution in [-0.4, -0.2) is 43.9 Å². The van der Waals surface area contributed by atoms with E-state index in [0.717, 1.165) is 18.5 Å². The summed E-state index contributed by atoms with van der Waals surface area (Å²) < 4.78 is 1.73. The van der Waals surface area contributed by atoms with E-state index >= 15 is 0 Å². The summed E-state index contributed by atoms with van der Waals surface area (Å²) in [7, 11) is 0.